The summed E-state index contributed by atoms with van der Waals surface area (Å²) in [5.41, 5.74) is 7.78. The molecule has 1 aliphatic rings. The molecule has 0 saturated heterocycles. The number of nitrogens with one attached hydrogen (secondary N) is 1. The van der Waals surface area contributed by atoms with Gasteiger partial charge in [0.2, 0.25) is 5.91 Å². The lowest BCUT2D eigenvalue weighted by molar-refractivity contribution is -0.116. The standard InChI is InChI=1S/C13H20N2O3/c1-3-5-11-9(2)8-10(12(14)17)13(15-11)18-7-4-6-16/h6,8,13,15H,3-5,7H2,1-2H3,(H2,14,17)/t13-/m1/s1. The molecular formula is C13H20N2O3. The number of carbonyl (C=O) groups is 2. The predicted octanol–water partition coefficient (Wildman–Crippen LogP) is 1.01. The van der Waals surface area contributed by atoms with Crippen LogP contribution < -0.4 is 11.1 Å². The summed E-state index contributed by atoms with van der Waals surface area (Å²) in [5, 5.41) is 3.17. The largest absolute Gasteiger partial charge is 0.366 e. The first kappa shape index (κ1) is 14.4. The van der Waals surface area contributed by atoms with Crippen molar-refractivity contribution in [2.24, 2.45) is 5.73 Å². The highest BCUT2D eigenvalue weighted by molar-refractivity contribution is 5.93. The van der Waals surface area contributed by atoms with Gasteiger partial charge in [0.1, 0.15) is 6.29 Å². The van der Waals surface area contributed by atoms with Gasteiger partial charge < -0.3 is 20.6 Å². The molecule has 1 amide bonds. The minimum absolute atomic E-state index is 0.268. The third-order valence-corrected chi connectivity index (χ3v) is 2.74. The summed E-state index contributed by atoms with van der Waals surface area (Å²) in [7, 11) is 0. The summed E-state index contributed by atoms with van der Waals surface area (Å²) in [5.74, 6) is -0.506. The molecular weight excluding hydrogens is 232 g/mol. The van der Waals surface area contributed by atoms with E-state index in [1.165, 1.54) is 0 Å². The lowest BCUT2D eigenvalue weighted by atomic mass is 10.0. The molecule has 0 spiro atoms. The maximum Gasteiger partial charge on any atom is 0.249 e. The van der Waals surface area contributed by atoms with Crippen LogP contribution in [0.4, 0.5) is 0 Å². The fourth-order valence-electron chi connectivity index (χ4n) is 1.83. The predicted molar refractivity (Wildman–Crippen MR) is 68.4 cm³/mol. The maximum atomic E-state index is 11.3. The molecule has 0 aliphatic carbocycles. The molecule has 1 atom stereocenters. The third kappa shape index (κ3) is 3.70. The van der Waals surface area contributed by atoms with Crippen LogP contribution in [0.2, 0.25) is 0 Å². The lowest BCUT2D eigenvalue weighted by Crippen LogP contribution is -2.41. The van der Waals surface area contributed by atoms with Gasteiger partial charge >= 0.3 is 0 Å². The number of ether oxygens (including phenoxy) is 1. The number of aldehydes is 1. The van der Waals surface area contributed by atoms with Crippen LogP contribution >= 0.6 is 0 Å². The zero-order chi connectivity index (χ0) is 13.5. The summed E-state index contributed by atoms with van der Waals surface area (Å²) >= 11 is 0. The SMILES string of the molecule is CCCC1=C(C)C=C(C(N)=O)[C@@H](OCCC=O)N1. The number of hydrogen-bond donors (Lipinski definition) is 2. The van der Waals surface area contributed by atoms with Gasteiger partial charge in [0, 0.05) is 12.1 Å². The van der Waals surface area contributed by atoms with Crippen molar-refractivity contribution in [1.82, 2.24) is 5.32 Å². The smallest absolute Gasteiger partial charge is 0.249 e. The molecule has 18 heavy (non-hydrogen) atoms. The van der Waals surface area contributed by atoms with Crippen LogP contribution in [-0.2, 0) is 14.3 Å². The minimum Gasteiger partial charge on any atom is -0.366 e. The number of nitrogens with two attached hydrogens (primary N) is 1. The Morgan fingerprint density at radius 1 is 1.61 bits per heavy atom. The van der Waals surface area contributed by atoms with E-state index in [0.29, 0.717) is 12.0 Å². The number of dihydropyridines is 1. The molecule has 0 aromatic carbocycles. The number of amides is 1. The van der Waals surface area contributed by atoms with Crippen molar-refractivity contribution in [2.75, 3.05) is 6.61 Å². The summed E-state index contributed by atoms with van der Waals surface area (Å²) in [6.45, 7) is 4.28. The average Bonchev–Trinajstić information content (AvgIpc) is 2.33. The fourth-order valence-corrected chi connectivity index (χ4v) is 1.83. The number of primary amides is 1. The first-order valence-electron chi connectivity index (χ1n) is 6.13. The molecule has 0 radical (unpaired) electrons. The normalized spacial score (nSPS) is 19.2. The zero-order valence-electron chi connectivity index (χ0n) is 10.9. The third-order valence-electron chi connectivity index (χ3n) is 2.74. The van der Waals surface area contributed by atoms with Crippen molar-refractivity contribution in [3.63, 3.8) is 0 Å². The van der Waals surface area contributed by atoms with Gasteiger partial charge in [-0.2, -0.15) is 0 Å². The number of rotatable bonds is 7. The van der Waals surface area contributed by atoms with Crippen molar-refractivity contribution >= 4 is 12.2 Å². The van der Waals surface area contributed by atoms with E-state index in [1.807, 2.05) is 6.92 Å². The molecule has 1 rings (SSSR count). The van der Waals surface area contributed by atoms with Gasteiger partial charge in [0.25, 0.3) is 0 Å². The maximum absolute atomic E-state index is 11.3. The number of hydrogen-bond acceptors (Lipinski definition) is 4. The molecule has 5 heteroatoms. The summed E-state index contributed by atoms with van der Waals surface area (Å²) in [6, 6.07) is 0. The quantitative estimate of drug-likeness (QED) is 0.523. The fraction of sp³-hybridized carbons (Fsp3) is 0.538. The highest BCUT2D eigenvalue weighted by Crippen LogP contribution is 2.21. The Morgan fingerprint density at radius 2 is 2.33 bits per heavy atom. The van der Waals surface area contributed by atoms with Crippen LogP contribution in [0.25, 0.3) is 0 Å². The summed E-state index contributed by atoms with van der Waals surface area (Å²) < 4.78 is 5.48. The topological polar surface area (TPSA) is 81.4 Å². The second kappa shape index (κ2) is 6.96. The Labute approximate surface area is 107 Å². The average molecular weight is 252 g/mol. The molecule has 1 heterocycles. The number of allylic oxidation sites excluding steroid dienone is 3. The molecule has 0 bridgehead atoms. The first-order chi connectivity index (χ1) is 8.60. The van der Waals surface area contributed by atoms with Gasteiger partial charge in [-0.05, 0) is 25.0 Å². The van der Waals surface area contributed by atoms with Gasteiger partial charge in [0.05, 0.1) is 12.2 Å². The first-order valence-corrected chi connectivity index (χ1v) is 6.13. The van der Waals surface area contributed by atoms with E-state index in [2.05, 4.69) is 12.2 Å². The lowest BCUT2D eigenvalue weighted by Gasteiger charge is -2.28. The van der Waals surface area contributed by atoms with E-state index >= 15 is 0 Å². The second-order valence-corrected chi connectivity index (χ2v) is 4.23. The summed E-state index contributed by atoms with van der Waals surface area (Å²) in [6.07, 6.45) is 4.19. The van der Waals surface area contributed by atoms with Crippen molar-refractivity contribution in [2.45, 2.75) is 39.3 Å². The van der Waals surface area contributed by atoms with E-state index in [9.17, 15) is 9.59 Å². The molecule has 0 fully saturated rings. The van der Waals surface area contributed by atoms with Crippen molar-refractivity contribution < 1.29 is 14.3 Å². The summed E-state index contributed by atoms with van der Waals surface area (Å²) in [4.78, 5) is 21.6. The molecule has 0 saturated carbocycles. The van der Waals surface area contributed by atoms with E-state index < -0.39 is 12.1 Å². The molecule has 5 nitrogen and oxygen atoms in total. The monoisotopic (exact) mass is 252 g/mol. The van der Waals surface area contributed by atoms with E-state index in [0.717, 1.165) is 30.4 Å². The molecule has 1 aliphatic heterocycles. The molecule has 0 aromatic heterocycles. The van der Waals surface area contributed by atoms with Gasteiger partial charge in [-0.25, -0.2) is 0 Å². The van der Waals surface area contributed by atoms with Crippen molar-refractivity contribution in [3.8, 4) is 0 Å². The second-order valence-electron chi connectivity index (χ2n) is 4.23. The van der Waals surface area contributed by atoms with Crippen LogP contribution in [0.1, 0.15) is 33.1 Å². The van der Waals surface area contributed by atoms with E-state index in [1.54, 1.807) is 6.08 Å². The Bertz CT molecular complexity index is 386. The van der Waals surface area contributed by atoms with Crippen molar-refractivity contribution in [1.29, 1.82) is 0 Å². The highest BCUT2D eigenvalue weighted by atomic mass is 16.5. The van der Waals surface area contributed by atoms with Gasteiger partial charge in [-0.3, -0.25) is 4.79 Å². The van der Waals surface area contributed by atoms with Gasteiger partial charge in [-0.1, -0.05) is 13.3 Å². The van der Waals surface area contributed by atoms with Gasteiger partial charge in [0.15, 0.2) is 6.23 Å². The zero-order valence-corrected chi connectivity index (χ0v) is 10.9. The molecule has 0 unspecified atom stereocenters. The van der Waals surface area contributed by atoms with E-state index in [-0.39, 0.29) is 6.61 Å². The van der Waals surface area contributed by atoms with E-state index in [4.69, 9.17) is 10.5 Å². The Hall–Kier alpha value is -1.62. The van der Waals surface area contributed by atoms with Crippen LogP contribution in [0.15, 0.2) is 22.9 Å². The van der Waals surface area contributed by atoms with Crippen LogP contribution in [0, 0.1) is 0 Å². The Kier molecular flexibility index (Phi) is 5.58. The Balaban J connectivity index is 2.81. The van der Waals surface area contributed by atoms with Crippen LogP contribution in [-0.4, -0.2) is 25.0 Å². The Morgan fingerprint density at radius 3 is 2.89 bits per heavy atom. The molecule has 100 valence electrons. The highest BCUT2D eigenvalue weighted by Gasteiger charge is 2.24. The van der Waals surface area contributed by atoms with Crippen LogP contribution in [0.3, 0.4) is 0 Å². The van der Waals surface area contributed by atoms with Crippen molar-refractivity contribution in [3.05, 3.63) is 22.9 Å². The van der Waals surface area contributed by atoms with Gasteiger partial charge in [-0.15, -0.1) is 0 Å². The molecule has 0 aromatic rings. The molecule has 3 N–H and O–H groups in total. The van der Waals surface area contributed by atoms with Crippen LogP contribution in [0.5, 0.6) is 0 Å². The number of carbonyl (C=O) groups excluding carboxylic acids is 2. The minimum atomic E-state index is -0.548.